The number of aromatic nitrogens is 1. The summed E-state index contributed by atoms with van der Waals surface area (Å²) in [6, 6.07) is 3.57. The van der Waals surface area contributed by atoms with E-state index in [0.29, 0.717) is 18.2 Å². The lowest BCUT2D eigenvalue weighted by Gasteiger charge is -2.12. The zero-order valence-corrected chi connectivity index (χ0v) is 10.5. The van der Waals surface area contributed by atoms with Crippen molar-refractivity contribution in [3.8, 4) is 0 Å². The molecular weight excluding hydrogens is 218 g/mol. The largest absolute Gasteiger partial charge is 0.385 e. The third-order valence-corrected chi connectivity index (χ3v) is 2.33. The lowest BCUT2D eigenvalue weighted by Crippen LogP contribution is -2.20. The summed E-state index contributed by atoms with van der Waals surface area (Å²) in [4.78, 5) is 15.4. The number of nitrogens with zero attached hydrogens (tertiary/aromatic N) is 1. The molecule has 0 aliphatic rings. The van der Waals surface area contributed by atoms with Crippen molar-refractivity contribution in [1.29, 1.82) is 0 Å². The van der Waals surface area contributed by atoms with Crippen LogP contribution < -0.4 is 10.6 Å². The maximum absolute atomic E-state index is 11.4. The van der Waals surface area contributed by atoms with Crippen LogP contribution in [-0.4, -0.2) is 38.2 Å². The van der Waals surface area contributed by atoms with E-state index in [1.54, 1.807) is 26.4 Å². The lowest BCUT2D eigenvalue weighted by molar-refractivity contribution is 0.0958. The Hall–Kier alpha value is -1.62. The predicted octanol–water partition coefficient (Wildman–Crippen LogP) is 1.14. The Balaban J connectivity index is 2.57. The second kappa shape index (κ2) is 6.85. The molecule has 0 fully saturated rings. The molecule has 1 amide bonds. The van der Waals surface area contributed by atoms with Gasteiger partial charge in [-0.15, -0.1) is 0 Å². The summed E-state index contributed by atoms with van der Waals surface area (Å²) in [5, 5.41) is 5.79. The molecule has 0 bridgehead atoms. The van der Waals surface area contributed by atoms with Crippen molar-refractivity contribution >= 4 is 11.6 Å². The molecule has 0 saturated heterocycles. The molecule has 2 N–H and O–H groups in total. The highest BCUT2D eigenvalue weighted by atomic mass is 16.5. The Kier molecular flexibility index (Phi) is 5.42. The molecule has 1 rings (SSSR count). The summed E-state index contributed by atoms with van der Waals surface area (Å²) >= 11 is 0. The number of carbonyl (C=O) groups excluding carboxylic acids is 1. The lowest BCUT2D eigenvalue weighted by atomic mass is 10.2. The second-order valence-corrected chi connectivity index (χ2v) is 3.95. The Morgan fingerprint density at radius 2 is 2.35 bits per heavy atom. The van der Waals surface area contributed by atoms with Crippen LogP contribution in [0.2, 0.25) is 0 Å². The van der Waals surface area contributed by atoms with Crippen molar-refractivity contribution in [2.45, 2.75) is 6.92 Å². The maximum atomic E-state index is 11.4. The third kappa shape index (κ3) is 4.40. The average molecular weight is 237 g/mol. The number of pyridine rings is 1. The van der Waals surface area contributed by atoms with Gasteiger partial charge in [0.15, 0.2) is 0 Å². The molecule has 1 aromatic rings. The first-order valence-corrected chi connectivity index (χ1v) is 5.58. The van der Waals surface area contributed by atoms with Crippen LogP contribution in [0.5, 0.6) is 0 Å². The third-order valence-electron chi connectivity index (χ3n) is 2.33. The van der Waals surface area contributed by atoms with E-state index in [9.17, 15) is 4.79 Å². The average Bonchev–Trinajstić information content (AvgIpc) is 2.36. The van der Waals surface area contributed by atoms with Gasteiger partial charge in [-0.1, -0.05) is 6.92 Å². The molecule has 0 saturated carbocycles. The van der Waals surface area contributed by atoms with Crippen LogP contribution in [-0.2, 0) is 4.74 Å². The van der Waals surface area contributed by atoms with Crippen molar-refractivity contribution in [2.75, 3.05) is 32.6 Å². The quantitative estimate of drug-likeness (QED) is 0.778. The monoisotopic (exact) mass is 237 g/mol. The molecule has 1 unspecified atom stereocenters. The number of anilines is 1. The first kappa shape index (κ1) is 13.4. The van der Waals surface area contributed by atoms with Crippen molar-refractivity contribution in [2.24, 2.45) is 5.92 Å². The van der Waals surface area contributed by atoms with E-state index >= 15 is 0 Å². The summed E-state index contributed by atoms with van der Waals surface area (Å²) in [5.74, 6) is 0.232. The number of nitrogens with one attached hydrogen (secondary N) is 2. The molecule has 5 heteroatoms. The number of hydrogen-bond acceptors (Lipinski definition) is 4. The molecule has 1 atom stereocenters. The van der Waals surface area contributed by atoms with Crippen LogP contribution in [0.3, 0.4) is 0 Å². The van der Waals surface area contributed by atoms with Crippen LogP contribution in [0.25, 0.3) is 0 Å². The van der Waals surface area contributed by atoms with Crippen LogP contribution in [0.4, 0.5) is 5.69 Å². The summed E-state index contributed by atoms with van der Waals surface area (Å²) in [5.41, 5.74) is 1.30. The summed E-state index contributed by atoms with van der Waals surface area (Å²) < 4.78 is 5.05. The normalized spacial score (nSPS) is 11.9. The number of methoxy groups -OCH3 is 1. The fourth-order valence-corrected chi connectivity index (χ4v) is 1.43. The molecule has 0 aliphatic carbocycles. The van der Waals surface area contributed by atoms with Gasteiger partial charge in [-0.25, -0.2) is 0 Å². The first-order valence-electron chi connectivity index (χ1n) is 5.58. The van der Waals surface area contributed by atoms with Gasteiger partial charge in [-0.05, 0) is 18.1 Å². The SMILES string of the molecule is CNC(=O)c1cc(NCC(C)COC)ccn1. The standard InChI is InChI=1S/C12H19N3O2/c1-9(8-17-3)7-15-10-4-5-14-11(6-10)12(16)13-2/h4-6,9H,7-8H2,1-3H3,(H,13,16)(H,14,15). The van der Waals surface area contributed by atoms with Crippen molar-refractivity contribution in [1.82, 2.24) is 10.3 Å². The molecule has 94 valence electrons. The zero-order valence-electron chi connectivity index (χ0n) is 10.5. The van der Waals surface area contributed by atoms with Crippen molar-refractivity contribution in [3.63, 3.8) is 0 Å². The van der Waals surface area contributed by atoms with E-state index in [1.807, 2.05) is 6.07 Å². The number of rotatable bonds is 6. The topological polar surface area (TPSA) is 63.2 Å². The van der Waals surface area contributed by atoms with E-state index < -0.39 is 0 Å². The smallest absolute Gasteiger partial charge is 0.269 e. The number of carbonyl (C=O) groups is 1. The fraction of sp³-hybridized carbons (Fsp3) is 0.500. The van der Waals surface area contributed by atoms with Gasteiger partial charge in [0.1, 0.15) is 5.69 Å². The van der Waals surface area contributed by atoms with Gasteiger partial charge in [-0.2, -0.15) is 0 Å². The molecule has 0 aromatic carbocycles. The molecule has 17 heavy (non-hydrogen) atoms. The van der Waals surface area contributed by atoms with Crippen LogP contribution >= 0.6 is 0 Å². The van der Waals surface area contributed by atoms with E-state index in [4.69, 9.17) is 4.74 Å². The van der Waals surface area contributed by atoms with E-state index in [1.165, 1.54) is 0 Å². The molecule has 1 aromatic heterocycles. The summed E-state index contributed by atoms with van der Waals surface area (Å²) in [6.45, 7) is 3.60. The van der Waals surface area contributed by atoms with E-state index in [-0.39, 0.29) is 5.91 Å². The molecule has 0 radical (unpaired) electrons. The van der Waals surface area contributed by atoms with Crippen LogP contribution in [0.1, 0.15) is 17.4 Å². The highest BCUT2D eigenvalue weighted by Crippen LogP contribution is 2.09. The van der Waals surface area contributed by atoms with Gasteiger partial charge in [0.05, 0.1) is 6.61 Å². The van der Waals surface area contributed by atoms with Gasteiger partial charge in [0.25, 0.3) is 5.91 Å². The molecular formula is C12H19N3O2. The van der Waals surface area contributed by atoms with Gasteiger partial charge in [0, 0.05) is 32.6 Å². The first-order chi connectivity index (χ1) is 8.17. The highest BCUT2D eigenvalue weighted by Gasteiger charge is 2.06. The van der Waals surface area contributed by atoms with Crippen molar-refractivity contribution in [3.05, 3.63) is 24.0 Å². The fourth-order valence-electron chi connectivity index (χ4n) is 1.43. The zero-order chi connectivity index (χ0) is 12.7. The second-order valence-electron chi connectivity index (χ2n) is 3.95. The van der Waals surface area contributed by atoms with Crippen LogP contribution in [0, 0.1) is 5.92 Å². The maximum Gasteiger partial charge on any atom is 0.269 e. The number of amides is 1. The summed E-state index contributed by atoms with van der Waals surface area (Å²) in [7, 11) is 3.28. The molecule has 5 nitrogen and oxygen atoms in total. The van der Waals surface area contributed by atoms with Gasteiger partial charge in [0.2, 0.25) is 0 Å². The Morgan fingerprint density at radius 3 is 3.00 bits per heavy atom. The minimum absolute atomic E-state index is 0.182. The molecule has 1 heterocycles. The summed E-state index contributed by atoms with van der Waals surface area (Å²) in [6.07, 6.45) is 1.62. The van der Waals surface area contributed by atoms with Crippen LogP contribution in [0.15, 0.2) is 18.3 Å². The minimum Gasteiger partial charge on any atom is -0.385 e. The Labute approximate surface area is 102 Å². The molecule has 0 spiro atoms. The molecule has 0 aliphatic heterocycles. The van der Waals surface area contributed by atoms with Gasteiger partial charge < -0.3 is 15.4 Å². The van der Waals surface area contributed by atoms with Crippen molar-refractivity contribution < 1.29 is 9.53 Å². The number of ether oxygens (including phenoxy) is 1. The number of hydrogen-bond donors (Lipinski definition) is 2. The van der Waals surface area contributed by atoms with E-state index in [0.717, 1.165) is 12.2 Å². The van der Waals surface area contributed by atoms with Gasteiger partial charge in [-0.3, -0.25) is 9.78 Å². The van der Waals surface area contributed by atoms with Gasteiger partial charge >= 0.3 is 0 Å². The Morgan fingerprint density at radius 1 is 1.59 bits per heavy atom. The Bertz CT molecular complexity index is 369. The highest BCUT2D eigenvalue weighted by molar-refractivity contribution is 5.92. The minimum atomic E-state index is -0.182. The predicted molar refractivity (Wildman–Crippen MR) is 67.2 cm³/mol. The van der Waals surface area contributed by atoms with E-state index in [2.05, 4.69) is 22.5 Å².